The largest absolute Gasteiger partial charge is 0.357 e. The minimum absolute atomic E-state index is 0.299. The van der Waals surface area contributed by atoms with Gasteiger partial charge in [0.05, 0.1) is 0 Å². The van der Waals surface area contributed by atoms with E-state index in [1.165, 1.54) is 5.56 Å². The molecule has 1 unspecified atom stereocenters. The number of halogens is 1. The summed E-state index contributed by atoms with van der Waals surface area (Å²) in [6.07, 6.45) is 3.58. The second-order valence-electron chi connectivity index (χ2n) is 6.76. The van der Waals surface area contributed by atoms with Crippen molar-refractivity contribution in [1.29, 1.82) is 0 Å². The monoisotopic (exact) mass is 378 g/mol. The molecule has 1 aliphatic heterocycles. The Labute approximate surface area is 162 Å². The predicted octanol–water partition coefficient (Wildman–Crippen LogP) is 3.53. The molecular formula is C20H31ClN4O. The second-order valence-corrected chi connectivity index (χ2v) is 7.20. The van der Waals surface area contributed by atoms with E-state index in [9.17, 15) is 4.79 Å². The van der Waals surface area contributed by atoms with Crippen LogP contribution in [0.4, 0.5) is 0 Å². The van der Waals surface area contributed by atoms with Crippen LogP contribution in [0.2, 0.25) is 5.02 Å². The molecule has 1 saturated heterocycles. The van der Waals surface area contributed by atoms with Crippen molar-refractivity contribution in [1.82, 2.24) is 15.1 Å². The number of nitrogens with one attached hydrogen (secondary N) is 1. The average Bonchev–Trinajstić information content (AvgIpc) is 3.05. The molecule has 1 fully saturated rings. The van der Waals surface area contributed by atoms with Crippen molar-refractivity contribution in [3.63, 3.8) is 0 Å². The number of hydrogen-bond acceptors (Lipinski definition) is 2. The van der Waals surface area contributed by atoms with Gasteiger partial charge < -0.3 is 15.1 Å². The maximum atomic E-state index is 12.0. The van der Waals surface area contributed by atoms with Gasteiger partial charge in [-0.15, -0.1) is 0 Å². The maximum absolute atomic E-state index is 12.0. The Morgan fingerprint density at radius 2 is 2.08 bits per heavy atom. The zero-order valence-electron chi connectivity index (χ0n) is 16.2. The van der Waals surface area contributed by atoms with Gasteiger partial charge in [-0.1, -0.05) is 30.7 Å². The Morgan fingerprint density at radius 3 is 2.65 bits per heavy atom. The summed E-state index contributed by atoms with van der Waals surface area (Å²) < 4.78 is 0. The van der Waals surface area contributed by atoms with E-state index in [2.05, 4.69) is 24.1 Å². The lowest BCUT2D eigenvalue weighted by Crippen LogP contribution is -2.39. The molecule has 2 rings (SSSR count). The summed E-state index contributed by atoms with van der Waals surface area (Å²) in [5, 5.41) is 4.10. The molecule has 0 spiro atoms. The van der Waals surface area contributed by atoms with Gasteiger partial charge in [0, 0.05) is 50.7 Å². The molecule has 144 valence electrons. The van der Waals surface area contributed by atoms with Gasteiger partial charge in [0.2, 0.25) is 5.91 Å². The molecule has 0 radical (unpaired) electrons. The SMILES string of the molecule is CCNC(=NCCC(CC)N1CCCC1=O)N(C)Cc1ccc(Cl)cc1. The van der Waals surface area contributed by atoms with Crippen LogP contribution in [0.25, 0.3) is 0 Å². The quantitative estimate of drug-likeness (QED) is 0.556. The highest BCUT2D eigenvalue weighted by atomic mass is 35.5. The van der Waals surface area contributed by atoms with E-state index in [1.54, 1.807) is 0 Å². The normalized spacial score (nSPS) is 16.1. The number of likely N-dealkylation sites (tertiary alicyclic amines) is 1. The van der Waals surface area contributed by atoms with E-state index < -0.39 is 0 Å². The van der Waals surface area contributed by atoms with Gasteiger partial charge in [0.1, 0.15) is 0 Å². The number of aliphatic imine (C=N–C) groups is 1. The number of hydrogen-bond donors (Lipinski definition) is 1. The summed E-state index contributed by atoms with van der Waals surface area (Å²) >= 11 is 5.96. The van der Waals surface area contributed by atoms with E-state index in [0.29, 0.717) is 18.4 Å². The van der Waals surface area contributed by atoms with Crippen molar-refractivity contribution in [2.24, 2.45) is 4.99 Å². The van der Waals surface area contributed by atoms with Gasteiger partial charge in [-0.25, -0.2) is 0 Å². The van der Waals surface area contributed by atoms with E-state index >= 15 is 0 Å². The van der Waals surface area contributed by atoms with Gasteiger partial charge >= 0.3 is 0 Å². The number of amides is 1. The zero-order valence-corrected chi connectivity index (χ0v) is 16.9. The lowest BCUT2D eigenvalue weighted by atomic mass is 10.1. The molecule has 0 aromatic heterocycles. The Balaban J connectivity index is 1.93. The third-order valence-electron chi connectivity index (χ3n) is 4.78. The fourth-order valence-electron chi connectivity index (χ4n) is 3.36. The fourth-order valence-corrected chi connectivity index (χ4v) is 3.49. The number of benzene rings is 1. The smallest absolute Gasteiger partial charge is 0.222 e. The van der Waals surface area contributed by atoms with Gasteiger partial charge in [0.25, 0.3) is 0 Å². The molecule has 1 heterocycles. The fraction of sp³-hybridized carbons (Fsp3) is 0.600. The molecular weight excluding hydrogens is 348 g/mol. The third kappa shape index (κ3) is 5.90. The van der Waals surface area contributed by atoms with Crippen LogP contribution < -0.4 is 5.32 Å². The van der Waals surface area contributed by atoms with Crippen LogP contribution >= 0.6 is 11.6 Å². The minimum atomic E-state index is 0.299. The first-order valence-corrected chi connectivity index (χ1v) is 9.96. The van der Waals surface area contributed by atoms with Gasteiger partial charge in [-0.3, -0.25) is 9.79 Å². The van der Waals surface area contributed by atoms with Crippen LogP contribution in [-0.4, -0.2) is 54.4 Å². The first-order valence-electron chi connectivity index (χ1n) is 9.58. The molecule has 1 aliphatic rings. The molecule has 0 bridgehead atoms. The number of carbonyl (C=O) groups excluding carboxylic acids is 1. The summed E-state index contributed by atoms with van der Waals surface area (Å²) in [6, 6.07) is 8.20. The predicted molar refractivity (Wildman–Crippen MR) is 109 cm³/mol. The number of rotatable bonds is 8. The maximum Gasteiger partial charge on any atom is 0.222 e. The van der Waals surface area contributed by atoms with Crippen LogP contribution in [0, 0.1) is 0 Å². The van der Waals surface area contributed by atoms with E-state index in [1.807, 2.05) is 36.2 Å². The second kappa shape index (κ2) is 10.4. The summed E-state index contributed by atoms with van der Waals surface area (Å²) in [7, 11) is 2.04. The van der Waals surface area contributed by atoms with E-state index in [0.717, 1.165) is 56.4 Å². The number of carbonyl (C=O) groups is 1. The third-order valence-corrected chi connectivity index (χ3v) is 5.03. The van der Waals surface area contributed by atoms with Crippen molar-refractivity contribution >= 4 is 23.5 Å². The molecule has 0 aliphatic carbocycles. The van der Waals surface area contributed by atoms with Crippen molar-refractivity contribution in [2.75, 3.05) is 26.7 Å². The Hall–Kier alpha value is -1.75. The first kappa shape index (κ1) is 20.6. The van der Waals surface area contributed by atoms with E-state index in [4.69, 9.17) is 16.6 Å². The molecule has 0 saturated carbocycles. The Morgan fingerprint density at radius 1 is 1.35 bits per heavy atom. The minimum Gasteiger partial charge on any atom is -0.357 e. The van der Waals surface area contributed by atoms with Crippen molar-refractivity contribution in [2.45, 2.75) is 52.1 Å². The highest BCUT2D eigenvalue weighted by molar-refractivity contribution is 6.30. The lowest BCUT2D eigenvalue weighted by molar-refractivity contribution is -0.129. The summed E-state index contributed by atoms with van der Waals surface area (Å²) in [5.74, 6) is 1.19. The van der Waals surface area contributed by atoms with Gasteiger partial charge in [-0.2, -0.15) is 0 Å². The molecule has 5 nitrogen and oxygen atoms in total. The van der Waals surface area contributed by atoms with Crippen molar-refractivity contribution < 1.29 is 4.79 Å². The number of nitrogens with zero attached hydrogens (tertiary/aromatic N) is 3. The molecule has 1 aromatic carbocycles. The first-order chi connectivity index (χ1) is 12.5. The van der Waals surface area contributed by atoms with Crippen LogP contribution in [0.3, 0.4) is 0 Å². The van der Waals surface area contributed by atoms with Crippen LogP contribution in [0.1, 0.15) is 45.1 Å². The van der Waals surface area contributed by atoms with Crippen molar-refractivity contribution in [3.8, 4) is 0 Å². The molecule has 26 heavy (non-hydrogen) atoms. The Bertz CT molecular complexity index is 602. The molecule has 6 heteroatoms. The highest BCUT2D eigenvalue weighted by Crippen LogP contribution is 2.18. The highest BCUT2D eigenvalue weighted by Gasteiger charge is 2.26. The van der Waals surface area contributed by atoms with Crippen LogP contribution in [0.15, 0.2) is 29.3 Å². The van der Waals surface area contributed by atoms with E-state index in [-0.39, 0.29) is 0 Å². The standard InChI is InChI=1S/C20H31ClN4O/c1-4-18(25-14-6-7-19(25)26)12-13-23-20(22-5-2)24(3)15-16-8-10-17(21)11-9-16/h8-11,18H,4-7,12-15H2,1-3H3,(H,22,23). The van der Waals surface area contributed by atoms with Crippen LogP contribution in [-0.2, 0) is 11.3 Å². The zero-order chi connectivity index (χ0) is 18.9. The molecule has 1 N–H and O–H groups in total. The van der Waals surface area contributed by atoms with Crippen LogP contribution in [0.5, 0.6) is 0 Å². The molecule has 1 amide bonds. The van der Waals surface area contributed by atoms with Gasteiger partial charge in [-0.05, 0) is 43.9 Å². The average molecular weight is 379 g/mol. The summed E-state index contributed by atoms with van der Waals surface area (Å²) in [4.78, 5) is 20.9. The molecule has 1 atom stereocenters. The Kier molecular flexibility index (Phi) is 8.23. The van der Waals surface area contributed by atoms with Crippen molar-refractivity contribution in [3.05, 3.63) is 34.9 Å². The molecule has 1 aromatic rings. The lowest BCUT2D eigenvalue weighted by Gasteiger charge is -2.27. The topological polar surface area (TPSA) is 47.9 Å². The summed E-state index contributed by atoms with van der Waals surface area (Å²) in [6.45, 7) is 7.44. The van der Waals surface area contributed by atoms with Gasteiger partial charge in [0.15, 0.2) is 5.96 Å². The summed E-state index contributed by atoms with van der Waals surface area (Å²) in [5.41, 5.74) is 1.19. The number of guanidine groups is 1.